The van der Waals surface area contributed by atoms with E-state index in [2.05, 4.69) is 81.2 Å². The Hall–Kier alpha value is -4.16. The standard InChI is InChI=1S/C28H27N2.C11H8N.Ir/c1-18(2)11-21-13-22(12-19(3)4)15-24(14-21)28-26-8-7-23-6-5-20(17-29)16-27(23)25(26)9-10-30-28;1-2-6-10(7-3-1)11-8-4-5-9-12-11;/h5-10,13-14,16,18-19H,11-12H2,1-4H3;1-6,8-9H;/q2*-1;. The van der Waals surface area contributed by atoms with Crippen molar-refractivity contribution in [2.45, 2.75) is 40.5 Å². The number of nitrogens with zero attached hydrogens (tertiary/aromatic N) is 3. The predicted octanol–water partition coefficient (Wildman–Crippen LogP) is 9.67. The molecule has 0 atom stereocenters. The first-order valence-corrected chi connectivity index (χ1v) is 14.6. The number of aromatic nitrogens is 2. The summed E-state index contributed by atoms with van der Waals surface area (Å²) >= 11 is 0. The van der Waals surface area contributed by atoms with Crippen LogP contribution >= 0.6 is 0 Å². The van der Waals surface area contributed by atoms with Gasteiger partial charge in [-0.3, -0.25) is 0 Å². The Balaban J connectivity index is 0.000000272. The van der Waals surface area contributed by atoms with E-state index in [-0.39, 0.29) is 20.1 Å². The zero-order chi connectivity index (χ0) is 29.5. The summed E-state index contributed by atoms with van der Waals surface area (Å²) in [4.78, 5) is 8.99. The number of nitriles is 1. The van der Waals surface area contributed by atoms with Gasteiger partial charge in [0.2, 0.25) is 0 Å². The van der Waals surface area contributed by atoms with Crippen LogP contribution in [0, 0.1) is 35.3 Å². The van der Waals surface area contributed by atoms with E-state index in [9.17, 15) is 5.26 Å². The molecule has 0 saturated heterocycles. The minimum atomic E-state index is 0. The van der Waals surface area contributed by atoms with Crippen LogP contribution in [-0.2, 0) is 32.9 Å². The molecule has 0 aliphatic rings. The molecule has 1 radical (unpaired) electrons. The van der Waals surface area contributed by atoms with Gasteiger partial charge in [-0.15, -0.1) is 70.8 Å². The molecular formula is C39H35IrN3-2. The minimum Gasteiger partial charge on any atom is -0.305 e. The largest absolute Gasteiger partial charge is 0.305 e. The van der Waals surface area contributed by atoms with E-state index in [0.29, 0.717) is 17.4 Å². The van der Waals surface area contributed by atoms with Crippen LogP contribution in [-0.4, -0.2) is 9.97 Å². The van der Waals surface area contributed by atoms with Crippen LogP contribution in [0.2, 0.25) is 0 Å². The third kappa shape index (κ3) is 8.02. The van der Waals surface area contributed by atoms with Crippen LogP contribution in [0.3, 0.4) is 0 Å². The first kappa shape index (κ1) is 31.8. The van der Waals surface area contributed by atoms with Crippen molar-refractivity contribution in [3.05, 3.63) is 132 Å². The van der Waals surface area contributed by atoms with Crippen LogP contribution in [0.15, 0.2) is 103 Å². The molecule has 2 aromatic heterocycles. The smallest absolute Gasteiger partial charge is 0.0991 e. The summed E-state index contributed by atoms with van der Waals surface area (Å²) < 4.78 is 0. The van der Waals surface area contributed by atoms with Crippen molar-refractivity contribution in [1.29, 1.82) is 5.26 Å². The van der Waals surface area contributed by atoms with Gasteiger partial charge in [-0.2, -0.15) is 5.26 Å². The number of rotatable bonds is 6. The number of hydrogen-bond donors (Lipinski definition) is 0. The van der Waals surface area contributed by atoms with E-state index in [0.717, 1.165) is 56.9 Å². The van der Waals surface area contributed by atoms with Gasteiger partial charge in [0, 0.05) is 32.5 Å². The van der Waals surface area contributed by atoms with E-state index < -0.39 is 0 Å². The Morgan fingerprint density at radius 3 is 2.21 bits per heavy atom. The summed E-state index contributed by atoms with van der Waals surface area (Å²) in [6.45, 7) is 9.01. The number of benzene rings is 4. The third-order valence-electron chi connectivity index (χ3n) is 7.05. The average Bonchev–Trinajstić information content (AvgIpc) is 3.01. The monoisotopic (exact) mass is 738 g/mol. The minimum absolute atomic E-state index is 0. The first-order valence-electron chi connectivity index (χ1n) is 14.6. The van der Waals surface area contributed by atoms with Crippen molar-refractivity contribution in [3.8, 4) is 28.6 Å². The SMILES string of the molecule is CC(C)Cc1[c-]c(-c2nccc3c2ccc2ccc(C#N)cc23)cc(CC(C)C)c1.[Ir].[c-]1ccccc1-c1ccccn1. The van der Waals surface area contributed by atoms with Gasteiger partial charge in [0.25, 0.3) is 0 Å². The van der Waals surface area contributed by atoms with Crippen LogP contribution in [0.5, 0.6) is 0 Å². The molecule has 4 aromatic carbocycles. The van der Waals surface area contributed by atoms with Crippen molar-refractivity contribution >= 4 is 21.5 Å². The van der Waals surface area contributed by atoms with Crippen LogP contribution in [0.1, 0.15) is 44.4 Å². The number of pyridine rings is 2. The van der Waals surface area contributed by atoms with Gasteiger partial charge in [-0.25, -0.2) is 0 Å². The molecule has 0 N–H and O–H groups in total. The molecule has 2 heterocycles. The van der Waals surface area contributed by atoms with Gasteiger partial charge in [0.15, 0.2) is 0 Å². The molecule has 0 spiro atoms. The van der Waals surface area contributed by atoms with Crippen molar-refractivity contribution in [2.75, 3.05) is 0 Å². The molecule has 0 saturated carbocycles. The molecule has 217 valence electrons. The molecule has 0 fully saturated rings. The predicted molar refractivity (Wildman–Crippen MR) is 174 cm³/mol. The maximum atomic E-state index is 9.34. The fraction of sp³-hybridized carbons (Fsp3) is 0.205. The molecule has 3 nitrogen and oxygen atoms in total. The second-order valence-electron chi connectivity index (χ2n) is 11.5. The third-order valence-corrected chi connectivity index (χ3v) is 7.05. The summed E-state index contributed by atoms with van der Waals surface area (Å²) in [7, 11) is 0. The Morgan fingerprint density at radius 1 is 0.721 bits per heavy atom. The maximum Gasteiger partial charge on any atom is 0.0991 e. The zero-order valence-corrected chi connectivity index (χ0v) is 27.5. The normalized spacial score (nSPS) is 10.7. The summed E-state index contributed by atoms with van der Waals surface area (Å²) in [6, 6.07) is 39.5. The summed E-state index contributed by atoms with van der Waals surface area (Å²) in [5, 5.41) is 13.8. The fourth-order valence-electron chi connectivity index (χ4n) is 5.31. The van der Waals surface area contributed by atoms with E-state index in [1.54, 1.807) is 6.20 Å². The molecule has 0 aliphatic carbocycles. The van der Waals surface area contributed by atoms with E-state index in [1.165, 1.54) is 11.1 Å². The number of fused-ring (bicyclic) bond motifs is 3. The van der Waals surface area contributed by atoms with Gasteiger partial charge in [0.05, 0.1) is 11.6 Å². The van der Waals surface area contributed by atoms with Crippen LogP contribution in [0.25, 0.3) is 44.1 Å². The van der Waals surface area contributed by atoms with E-state index in [1.807, 2.05) is 66.9 Å². The molecule has 6 aromatic rings. The van der Waals surface area contributed by atoms with Crippen LogP contribution in [0.4, 0.5) is 0 Å². The molecule has 6 rings (SSSR count). The molecule has 0 unspecified atom stereocenters. The summed E-state index contributed by atoms with van der Waals surface area (Å²) in [5.41, 5.74) is 7.32. The summed E-state index contributed by atoms with van der Waals surface area (Å²) in [5.74, 6) is 1.18. The van der Waals surface area contributed by atoms with Crippen molar-refractivity contribution in [3.63, 3.8) is 0 Å². The molecule has 43 heavy (non-hydrogen) atoms. The number of hydrogen-bond acceptors (Lipinski definition) is 3. The zero-order valence-electron chi connectivity index (χ0n) is 25.1. The van der Waals surface area contributed by atoms with Gasteiger partial charge >= 0.3 is 0 Å². The molecule has 4 heteroatoms. The first-order chi connectivity index (χ1) is 20.4. The Labute approximate surface area is 269 Å². The van der Waals surface area contributed by atoms with Gasteiger partial charge in [0.1, 0.15) is 0 Å². The van der Waals surface area contributed by atoms with E-state index >= 15 is 0 Å². The summed E-state index contributed by atoms with van der Waals surface area (Å²) in [6.07, 6.45) is 5.72. The molecular weight excluding hydrogens is 703 g/mol. The van der Waals surface area contributed by atoms with Gasteiger partial charge < -0.3 is 9.97 Å². The van der Waals surface area contributed by atoms with Gasteiger partial charge in [-0.1, -0.05) is 58.0 Å². The Kier molecular flexibility index (Phi) is 11.0. The topological polar surface area (TPSA) is 49.6 Å². The van der Waals surface area contributed by atoms with E-state index in [4.69, 9.17) is 4.98 Å². The maximum absolute atomic E-state index is 9.34. The molecule has 0 bridgehead atoms. The Bertz CT molecular complexity index is 1770. The second-order valence-corrected chi connectivity index (χ2v) is 11.5. The van der Waals surface area contributed by atoms with Crippen molar-refractivity contribution < 1.29 is 20.1 Å². The molecule has 0 amide bonds. The van der Waals surface area contributed by atoms with Gasteiger partial charge in [-0.05, 0) is 81.9 Å². The quantitative estimate of drug-likeness (QED) is 0.126. The van der Waals surface area contributed by atoms with Crippen molar-refractivity contribution in [1.82, 2.24) is 9.97 Å². The Morgan fingerprint density at radius 2 is 1.51 bits per heavy atom. The second kappa shape index (κ2) is 14.8. The fourth-order valence-corrected chi connectivity index (χ4v) is 5.31. The van der Waals surface area contributed by atoms with Crippen LogP contribution < -0.4 is 0 Å². The molecule has 0 aliphatic heterocycles. The average molecular weight is 738 g/mol. The van der Waals surface area contributed by atoms with Crippen molar-refractivity contribution in [2.24, 2.45) is 11.8 Å².